The molecule has 2 heterocycles. The van der Waals surface area contributed by atoms with Crippen LogP contribution in [0.15, 0.2) is 40.4 Å². The van der Waals surface area contributed by atoms with Gasteiger partial charge in [0.05, 0.1) is 10.0 Å². The van der Waals surface area contributed by atoms with Crippen molar-refractivity contribution < 1.29 is 17.9 Å². The highest BCUT2D eigenvalue weighted by atomic mass is 35.5. The third kappa shape index (κ3) is 4.03. The summed E-state index contributed by atoms with van der Waals surface area (Å²) >= 11 is 7.71. The lowest BCUT2D eigenvalue weighted by atomic mass is 10.2. The van der Waals surface area contributed by atoms with Crippen molar-refractivity contribution in [3.8, 4) is 11.5 Å². The fourth-order valence-electron chi connectivity index (χ4n) is 2.22. The first kappa shape index (κ1) is 18.3. The third-order valence-electron chi connectivity index (χ3n) is 3.53. The van der Waals surface area contributed by atoms with Crippen molar-refractivity contribution in [2.24, 2.45) is 0 Å². The average Bonchev–Trinajstić information content (AvgIpc) is 2.60. The van der Waals surface area contributed by atoms with Crippen LogP contribution in [0.25, 0.3) is 0 Å². The van der Waals surface area contributed by atoms with Crippen LogP contribution in [0.1, 0.15) is 5.56 Å². The maximum Gasteiger partial charge on any atom is 0.244 e. The van der Waals surface area contributed by atoms with Crippen molar-refractivity contribution in [1.82, 2.24) is 9.29 Å². The Morgan fingerprint density at radius 3 is 2.68 bits per heavy atom. The first-order valence-corrected chi connectivity index (χ1v) is 10.3. The molecule has 1 aliphatic rings. The second-order valence-electron chi connectivity index (χ2n) is 5.51. The Kier molecular flexibility index (Phi) is 5.43. The zero-order chi connectivity index (χ0) is 18.0. The Hall–Kier alpha value is -1.48. The summed E-state index contributed by atoms with van der Waals surface area (Å²) in [6.07, 6.45) is 1.37. The van der Waals surface area contributed by atoms with E-state index in [1.165, 1.54) is 32.1 Å². The first-order valence-electron chi connectivity index (χ1n) is 7.47. The molecule has 0 saturated heterocycles. The van der Waals surface area contributed by atoms with Gasteiger partial charge in [-0.25, -0.2) is 17.7 Å². The maximum absolute atomic E-state index is 12.0. The number of fused-ring (bicyclic) bond motifs is 1. The van der Waals surface area contributed by atoms with E-state index in [9.17, 15) is 8.42 Å². The predicted octanol–water partition coefficient (Wildman–Crippen LogP) is 3.05. The summed E-state index contributed by atoms with van der Waals surface area (Å²) < 4.78 is 36.3. The van der Waals surface area contributed by atoms with Gasteiger partial charge in [-0.05, 0) is 29.8 Å². The van der Waals surface area contributed by atoms with Gasteiger partial charge in [0.2, 0.25) is 10.0 Å². The van der Waals surface area contributed by atoms with E-state index < -0.39 is 10.0 Å². The molecule has 9 heteroatoms. The maximum atomic E-state index is 12.0. The SMILES string of the molecule is CN(C)S(=O)(=O)c1ccc(SCc2cc(Cl)c3c(c2)OCCO3)nc1. The predicted molar refractivity (Wildman–Crippen MR) is 97.1 cm³/mol. The number of sulfonamides is 1. The van der Waals surface area contributed by atoms with Gasteiger partial charge in [0.15, 0.2) is 11.5 Å². The Morgan fingerprint density at radius 2 is 2.00 bits per heavy atom. The Bertz CT molecular complexity index is 870. The summed E-state index contributed by atoms with van der Waals surface area (Å²) in [5, 5.41) is 1.25. The number of aromatic nitrogens is 1. The third-order valence-corrected chi connectivity index (χ3v) is 6.63. The second-order valence-corrected chi connectivity index (χ2v) is 9.06. The molecule has 0 amide bonds. The first-order chi connectivity index (χ1) is 11.9. The summed E-state index contributed by atoms with van der Waals surface area (Å²) in [4.78, 5) is 4.39. The van der Waals surface area contributed by atoms with Gasteiger partial charge in [-0.15, -0.1) is 11.8 Å². The van der Waals surface area contributed by atoms with E-state index in [0.717, 1.165) is 14.9 Å². The van der Waals surface area contributed by atoms with Gasteiger partial charge in [-0.3, -0.25) is 0 Å². The minimum Gasteiger partial charge on any atom is -0.486 e. The molecular formula is C16H17ClN2O4S2. The number of hydrogen-bond donors (Lipinski definition) is 0. The van der Waals surface area contributed by atoms with Crippen LogP contribution in [-0.4, -0.2) is 45.0 Å². The molecule has 0 spiro atoms. The molecule has 25 heavy (non-hydrogen) atoms. The minimum atomic E-state index is -3.46. The summed E-state index contributed by atoms with van der Waals surface area (Å²) in [7, 11) is -0.484. The molecule has 0 bridgehead atoms. The molecule has 2 aromatic rings. The molecule has 1 aromatic carbocycles. The van der Waals surface area contributed by atoms with E-state index >= 15 is 0 Å². The van der Waals surface area contributed by atoms with Crippen molar-refractivity contribution >= 4 is 33.4 Å². The van der Waals surface area contributed by atoms with E-state index in [-0.39, 0.29) is 4.90 Å². The Labute approximate surface area is 156 Å². The normalized spacial score (nSPS) is 13.9. The van der Waals surface area contributed by atoms with E-state index in [2.05, 4.69) is 4.98 Å². The molecule has 6 nitrogen and oxygen atoms in total. The van der Waals surface area contributed by atoms with Gasteiger partial charge in [0, 0.05) is 26.0 Å². The van der Waals surface area contributed by atoms with Gasteiger partial charge in [-0.2, -0.15) is 0 Å². The van der Waals surface area contributed by atoms with Crippen LogP contribution in [0.2, 0.25) is 5.02 Å². The number of thioether (sulfide) groups is 1. The number of rotatable bonds is 5. The van der Waals surface area contributed by atoms with E-state index in [0.29, 0.717) is 35.5 Å². The van der Waals surface area contributed by atoms with Crippen molar-refractivity contribution in [3.05, 3.63) is 41.0 Å². The Morgan fingerprint density at radius 1 is 1.24 bits per heavy atom. The number of pyridine rings is 1. The minimum absolute atomic E-state index is 0.171. The molecule has 0 radical (unpaired) electrons. The van der Waals surface area contributed by atoms with Crippen LogP contribution in [0.4, 0.5) is 0 Å². The van der Waals surface area contributed by atoms with Crippen LogP contribution >= 0.6 is 23.4 Å². The molecule has 134 valence electrons. The molecular weight excluding hydrogens is 384 g/mol. The highest BCUT2D eigenvalue weighted by Crippen LogP contribution is 2.39. The topological polar surface area (TPSA) is 68.7 Å². The van der Waals surface area contributed by atoms with Gasteiger partial charge >= 0.3 is 0 Å². The van der Waals surface area contributed by atoms with E-state index in [1.54, 1.807) is 12.1 Å². The lowest BCUT2D eigenvalue weighted by molar-refractivity contribution is 0.171. The number of halogens is 1. The fraction of sp³-hybridized carbons (Fsp3) is 0.312. The standard InChI is InChI=1S/C16H17ClN2O4S2/c1-19(2)25(20,21)12-3-4-15(18-9-12)24-10-11-7-13(17)16-14(8-11)22-5-6-23-16/h3-4,7-9H,5-6,10H2,1-2H3. The molecule has 0 fully saturated rings. The molecule has 0 atom stereocenters. The number of ether oxygens (including phenoxy) is 2. The second kappa shape index (κ2) is 7.41. The molecule has 0 unspecified atom stereocenters. The summed E-state index contributed by atoms with van der Waals surface area (Å²) in [6.45, 7) is 0.996. The quantitative estimate of drug-likeness (QED) is 0.718. The van der Waals surface area contributed by atoms with Crippen LogP contribution in [0, 0.1) is 0 Å². The molecule has 1 aliphatic heterocycles. The summed E-state index contributed by atoms with van der Waals surface area (Å²) in [5.74, 6) is 1.86. The number of nitrogens with zero attached hydrogens (tertiary/aromatic N) is 2. The van der Waals surface area contributed by atoms with Crippen molar-refractivity contribution in [2.75, 3.05) is 27.3 Å². The van der Waals surface area contributed by atoms with Gasteiger partial charge in [0.25, 0.3) is 0 Å². The number of benzene rings is 1. The van der Waals surface area contributed by atoms with E-state index in [4.69, 9.17) is 21.1 Å². The van der Waals surface area contributed by atoms with Crippen molar-refractivity contribution in [3.63, 3.8) is 0 Å². The highest BCUT2D eigenvalue weighted by Gasteiger charge is 2.18. The molecule has 0 N–H and O–H groups in total. The largest absolute Gasteiger partial charge is 0.486 e. The smallest absolute Gasteiger partial charge is 0.244 e. The summed E-state index contributed by atoms with van der Waals surface area (Å²) in [6, 6.07) is 6.99. The van der Waals surface area contributed by atoms with Gasteiger partial charge < -0.3 is 9.47 Å². The van der Waals surface area contributed by atoms with Crippen molar-refractivity contribution in [2.45, 2.75) is 15.7 Å². The zero-order valence-corrected chi connectivity index (χ0v) is 16.1. The van der Waals surface area contributed by atoms with Crippen LogP contribution in [-0.2, 0) is 15.8 Å². The van der Waals surface area contributed by atoms with Crippen LogP contribution in [0.3, 0.4) is 0 Å². The fourth-order valence-corrected chi connectivity index (χ4v) is 4.13. The lowest BCUT2D eigenvalue weighted by Crippen LogP contribution is -2.22. The van der Waals surface area contributed by atoms with Gasteiger partial charge in [-0.1, -0.05) is 11.6 Å². The lowest BCUT2D eigenvalue weighted by Gasteiger charge is -2.20. The highest BCUT2D eigenvalue weighted by molar-refractivity contribution is 7.98. The molecule has 1 aromatic heterocycles. The van der Waals surface area contributed by atoms with Crippen molar-refractivity contribution in [1.29, 1.82) is 0 Å². The molecule has 0 aliphatic carbocycles. The molecule has 0 saturated carbocycles. The monoisotopic (exact) mass is 400 g/mol. The molecule has 3 rings (SSSR count). The van der Waals surface area contributed by atoms with Gasteiger partial charge in [0.1, 0.15) is 18.1 Å². The Balaban J connectivity index is 1.71. The average molecular weight is 401 g/mol. The van der Waals surface area contributed by atoms with Crippen LogP contribution < -0.4 is 9.47 Å². The summed E-state index contributed by atoms with van der Waals surface area (Å²) in [5.41, 5.74) is 0.978. The van der Waals surface area contributed by atoms with E-state index in [1.807, 2.05) is 12.1 Å². The van der Waals surface area contributed by atoms with Crippen LogP contribution in [0.5, 0.6) is 11.5 Å². The number of hydrogen-bond acceptors (Lipinski definition) is 6. The zero-order valence-electron chi connectivity index (χ0n) is 13.7.